The molecule has 11 heteroatoms. The highest BCUT2D eigenvalue weighted by Crippen LogP contribution is 2.47. The molecule has 1 atom stereocenters. The van der Waals surface area contributed by atoms with Crippen LogP contribution in [0.25, 0.3) is 11.8 Å². The lowest BCUT2D eigenvalue weighted by atomic mass is 9.65. The molecule has 0 amide bonds. The molecule has 2 aromatic carbocycles. The standard InChI is InChI=1S/C28H21ClF2N4O3S/c29-23-14-22(8-9-24(23)31)39(37,38)34-12-10-19-13-26-18(16-33-35(26)21-6-4-20(30)5-7-21)15-28(19,17-34)27(36)25-3-1-2-11-32-25/h1-9,11,13-14,16H,10,12,15,17H2. The quantitative estimate of drug-likeness (QED) is 0.314. The molecule has 0 radical (unpaired) electrons. The van der Waals surface area contributed by atoms with Gasteiger partial charge in [0.1, 0.15) is 17.3 Å². The van der Waals surface area contributed by atoms with Gasteiger partial charge in [0.05, 0.1) is 32.9 Å². The number of hydrogen-bond acceptors (Lipinski definition) is 5. The SMILES string of the molecule is O=C(c1ccccn1)C12Cc3cnn(-c4ccc(F)cc4)c3C=C1CCN(S(=O)(=O)c1ccc(F)c(Cl)c1)C2. The minimum absolute atomic E-state index is 0.112. The van der Waals surface area contributed by atoms with E-state index in [1.807, 2.05) is 6.08 Å². The van der Waals surface area contributed by atoms with Gasteiger partial charge in [0.15, 0.2) is 5.78 Å². The molecule has 1 aliphatic carbocycles. The van der Waals surface area contributed by atoms with Gasteiger partial charge in [-0.2, -0.15) is 9.40 Å². The first-order valence-electron chi connectivity index (χ1n) is 12.1. The summed E-state index contributed by atoms with van der Waals surface area (Å²) in [4.78, 5) is 18.2. The van der Waals surface area contributed by atoms with Crippen molar-refractivity contribution in [3.05, 3.63) is 112 Å². The Morgan fingerprint density at radius 1 is 1.05 bits per heavy atom. The second kappa shape index (κ2) is 9.48. The third-order valence-corrected chi connectivity index (χ3v) is 9.44. The van der Waals surface area contributed by atoms with E-state index >= 15 is 0 Å². The van der Waals surface area contributed by atoms with Crippen molar-refractivity contribution in [2.24, 2.45) is 5.41 Å². The summed E-state index contributed by atoms with van der Waals surface area (Å²) >= 11 is 5.89. The van der Waals surface area contributed by atoms with E-state index in [-0.39, 0.29) is 53.1 Å². The van der Waals surface area contributed by atoms with Gasteiger partial charge in [-0.15, -0.1) is 0 Å². The summed E-state index contributed by atoms with van der Waals surface area (Å²) in [7, 11) is -4.10. The monoisotopic (exact) mass is 566 g/mol. The zero-order valence-corrected chi connectivity index (χ0v) is 22.0. The maximum atomic E-state index is 14.1. The van der Waals surface area contributed by atoms with Crippen LogP contribution in [0.1, 0.15) is 28.2 Å². The summed E-state index contributed by atoms with van der Waals surface area (Å²) < 4.78 is 57.5. The van der Waals surface area contributed by atoms with E-state index in [4.69, 9.17) is 11.6 Å². The Balaban J connectivity index is 1.45. The van der Waals surface area contributed by atoms with Gasteiger partial charge < -0.3 is 0 Å². The van der Waals surface area contributed by atoms with Crippen LogP contribution in [0.2, 0.25) is 5.02 Å². The van der Waals surface area contributed by atoms with Gasteiger partial charge in [-0.1, -0.05) is 23.2 Å². The number of pyridine rings is 1. The number of ketones is 1. The fourth-order valence-corrected chi connectivity index (χ4v) is 7.11. The molecule has 39 heavy (non-hydrogen) atoms. The fraction of sp³-hybridized carbons (Fsp3) is 0.179. The molecule has 0 bridgehead atoms. The Bertz CT molecular complexity index is 1740. The fourth-order valence-electron chi connectivity index (χ4n) is 5.34. The maximum absolute atomic E-state index is 14.1. The van der Waals surface area contributed by atoms with Crippen LogP contribution in [-0.2, 0) is 16.4 Å². The molecule has 2 aromatic heterocycles. The van der Waals surface area contributed by atoms with E-state index < -0.39 is 21.3 Å². The summed E-state index contributed by atoms with van der Waals surface area (Å²) in [6.45, 7) is -0.0207. The predicted molar refractivity (Wildman–Crippen MR) is 141 cm³/mol. The molecule has 3 heterocycles. The first-order valence-corrected chi connectivity index (χ1v) is 14.0. The number of carbonyl (C=O) groups is 1. The maximum Gasteiger partial charge on any atom is 0.243 e. The number of nitrogens with zero attached hydrogens (tertiary/aromatic N) is 4. The van der Waals surface area contributed by atoms with Crippen molar-refractivity contribution in [3.63, 3.8) is 0 Å². The van der Waals surface area contributed by atoms with Crippen molar-refractivity contribution >= 4 is 33.5 Å². The highest BCUT2D eigenvalue weighted by atomic mass is 35.5. The van der Waals surface area contributed by atoms with E-state index in [0.717, 1.165) is 29.0 Å². The molecule has 6 rings (SSSR count). The van der Waals surface area contributed by atoms with E-state index in [9.17, 15) is 22.0 Å². The van der Waals surface area contributed by atoms with Crippen LogP contribution in [0.4, 0.5) is 8.78 Å². The van der Waals surface area contributed by atoms with Crippen molar-refractivity contribution in [2.45, 2.75) is 17.7 Å². The third-order valence-electron chi connectivity index (χ3n) is 7.31. The number of halogens is 3. The molecule has 0 spiro atoms. The van der Waals surface area contributed by atoms with Gasteiger partial charge in [-0.3, -0.25) is 9.78 Å². The smallest absolute Gasteiger partial charge is 0.243 e. The van der Waals surface area contributed by atoms with Gasteiger partial charge in [0.25, 0.3) is 0 Å². The minimum atomic E-state index is -4.10. The molecule has 198 valence electrons. The number of hydrogen-bond donors (Lipinski definition) is 0. The molecule has 1 aliphatic heterocycles. The second-order valence-electron chi connectivity index (χ2n) is 9.58. The summed E-state index contributed by atoms with van der Waals surface area (Å²) in [5.41, 5.74) is 1.91. The Hall–Kier alpha value is -3.73. The van der Waals surface area contributed by atoms with Crippen molar-refractivity contribution in [2.75, 3.05) is 13.1 Å². The van der Waals surface area contributed by atoms with Gasteiger partial charge in [0.2, 0.25) is 10.0 Å². The number of aromatic nitrogens is 3. The number of fused-ring (bicyclic) bond motifs is 2. The van der Waals surface area contributed by atoms with Crippen LogP contribution >= 0.6 is 11.6 Å². The molecule has 0 saturated carbocycles. The lowest BCUT2D eigenvalue weighted by Crippen LogP contribution is -2.53. The van der Waals surface area contributed by atoms with Crippen LogP contribution in [0.3, 0.4) is 0 Å². The number of rotatable bonds is 5. The lowest BCUT2D eigenvalue weighted by Gasteiger charge is -2.44. The molecule has 1 saturated heterocycles. The molecular formula is C28H21ClF2N4O3S. The molecular weight excluding hydrogens is 546 g/mol. The summed E-state index contributed by atoms with van der Waals surface area (Å²) in [5, 5.41) is 4.19. The predicted octanol–water partition coefficient (Wildman–Crippen LogP) is 5.10. The number of Topliss-reactive ketones (excluding diaryl/α,β-unsaturated/α-hetero) is 1. The van der Waals surface area contributed by atoms with Crippen LogP contribution < -0.4 is 0 Å². The average molecular weight is 567 g/mol. The second-order valence-corrected chi connectivity index (χ2v) is 11.9. The summed E-state index contributed by atoms with van der Waals surface area (Å²) in [6, 6.07) is 14.2. The molecule has 1 unspecified atom stereocenters. The average Bonchev–Trinajstić information content (AvgIpc) is 3.35. The largest absolute Gasteiger partial charge is 0.291 e. The zero-order chi connectivity index (χ0) is 27.4. The van der Waals surface area contributed by atoms with Crippen molar-refractivity contribution in [1.82, 2.24) is 19.1 Å². The first kappa shape index (κ1) is 25.5. The third kappa shape index (κ3) is 4.28. The molecule has 1 fully saturated rings. The van der Waals surface area contributed by atoms with Crippen LogP contribution in [0.5, 0.6) is 0 Å². The van der Waals surface area contributed by atoms with E-state index in [2.05, 4.69) is 10.1 Å². The lowest BCUT2D eigenvalue weighted by molar-refractivity contribution is 0.0770. The van der Waals surface area contributed by atoms with Gasteiger partial charge >= 0.3 is 0 Å². The van der Waals surface area contributed by atoms with E-state index in [1.165, 1.54) is 28.7 Å². The van der Waals surface area contributed by atoms with Gasteiger partial charge in [-0.05, 0) is 79.1 Å². The van der Waals surface area contributed by atoms with Crippen molar-refractivity contribution in [1.29, 1.82) is 0 Å². The Kier molecular flexibility index (Phi) is 6.21. The molecule has 2 aliphatic rings. The zero-order valence-electron chi connectivity index (χ0n) is 20.4. The van der Waals surface area contributed by atoms with Crippen molar-refractivity contribution in [3.8, 4) is 5.69 Å². The molecule has 0 N–H and O–H groups in total. The highest BCUT2D eigenvalue weighted by molar-refractivity contribution is 7.89. The van der Waals surface area contributed by atoms with Crippen LogP contribution in [-0.4, -0.2) is 46.4 Å². The van der Waals surface area contributed by atoms with E-state index in [0.29, 0.717) is 5.69 Å². The Labute approximate surface area is 228 Å². The number of benzene rings is 2. The highest BCUT2D eigenvalue weighted by Gasteiger charge is 2.51. The number of piperidine rings is 1. The van der Waals surface area contributed by atoms with Gasteiger partial charge in [0, 0.05) is 19.3 Å². The Morgan fingerprint density at radius 3 is 2.56 bits per heavy atom. The number of carbonyl (C=O) groups excluding carboxylic acids is 1. The number of sulfonamides is 1. The van der Waals surface area contributed by atoms with E-state index in [1.54, 1.807) is 41.2 Å². The first-order chi connectivity index (χ1) is 18.7. The summed E-state index contributed by atoms with van der Waals surface area (Å²) in [5.74, 6) is -1.39. The molecule has 4 aromatic rings. The van der Waals surface area contributed by atoms with Crippen LogP contribution in [0, 0.1) is 17.0 Å². The Morgan fingerprint density at radius 2 is 1.85 bits per heavy atom. The molecule has 7 nitrogen and oxygen atoms in total. The van der Waals surface area contributed by atoms with Crippen molar-refractivity contribution < 1.29 is 22.0 Å². The minimum Gasteiger partial charge on any atom is -0.291 e. The van der Waals surface area contributed by atoms with Crippen LogP contribution in [0.15, 0.2) is 83.5 Å². The normalized spacial score (nSPS) is 19.2. The topological polar surface area (TPSA) is 85.2 Å². The van der Waals surface area contributed by atoms with Gasteiger partial charge in [-0.25, -0.2) is 21.9 Å². The summed E-state index contributed by atoms with van der Waals surface area (Å²) in [6.07, 6.45) is 5.52.